The predicted octanol–water partition coefficient (Wildman–Crippen LogP) is 3.06. The molecule has 1 aromatic rings. The summed E-state index contributed by atoms with van der Waals surface area (Å²) in [5.74, 6) is 0.308. The Morgan fingerprint density at radius 3 is 2.44 bits per heavy atom. The molecule has 1 rings (SSSR count). The summed E-state index contributed by atoms with van der Waals surface area (Å²) in [5, 5.41) is 12.4. The summed E-state index contributed by atoms with van der Waals surface area (Å²) < 4.78 is 0. The number of phenols is 1. The summed E-state index contributed by atoms with van der Waals surface area (Å²) >= 11 is 11.7. The van der Waals surface area contributed by atoms with Crippen LogP contribution >= 0.6 is 23.2 Å². The summed E-state index contributed by atoms with van der Waals surface area (Å²) in [6, 6.07) is 4.79. The van der Waals surface area contributed by atoms with Crippen molar-refractivity contribution in [3.05, 3.63) is 29.3 Å². The Labute approximate surface area is 117 Å². The molecule has 0 saturated carbocycles. The summed E-state index contributed by atoms with van der Waals surface area (Å²) in [6.45, 7) is 3.68. The van der Waals surface area contributed by atoms with E-state index >= 15 is 0 Å². The molecule has 2 N–H and O–H groups in total. The number of carbonyl (C=O) groups excluding carboxylic acids is 1. The second kappa shape index (κ2) is 6.30. The van der Waals surface area contributed by atoms with Crippen molar-refractivity contribution in [3.63, 3.8) is 0 Å². The fraction of sp³-hybridized carbons (Fsp3) is 0.462. The highest BCUT2D eigenvalue weighted by Gasteiger charge is 2.28. The van der Waals surface area contributed by atoms with E-state index in [1.54, 1.807) is 19.1 Å². The van der Waals surface area contributed by atoms with Gasteiger partial charge in [-0.25, -0.2) is 0 Å². The molecule has 0 fully saturated rings. The normalized spacial score (nSPS) is 11.3. The van der Waals surface area contributed by atoms with Crippen molar-refractivity contribution in [3.8, 4) is 5.75 Å². The Kier molecular flexibility index (Phi) is 5.29. The van der Waals surface area contributed by atoms with Crippen molar-refractivity contribution in [2.24, 2.45) is 0 Å². The van der Waals surface area contributed by atoms with Crippen molar-refractivity contribution < 1.29 is 9.90 Å². The third-order valence-electron chi connectivity index (χ3n) is 3.04. The van der Waals surface area contributed by atoms with Crippen LogP contribution in [-0.4, -0.2) is 28.3 Å². The minimum atomic E-state index is -0.610. The number of benzene rings is 1. The zero-order valence-electron chi connectivity index (χ0n) is 10.5. The van der Waals surface area contributed by atoms with Crippen molar-refractivity contribution >= 4 is 29.1 Å². The van der Waals surface area contributed by atoms with Gasteiger partial charge in [0.05, 0.1) is 5.54 Å². The molecule has 0 unspecified atom stereocenters. The van der Waals surface area contributed by atoms with Crippen LogP contribution in [0.15, 0.2) is 18.2 Å². The maximum absolute atomic E-state index is 12.1. The van der Waals surface area contributed by atoms with Crippen LogP contribution in [0.3, 0.4) is 0 Å². The highest BCUT2D eigenvalue weighted by atomic mass is 35.5. The predicted molar refractivity (Wildman–Crippen MR) is 74.8 cm³/mol. The van der Waals surface area contributed by atoms with Crippen LogP contribution < -0.4 is 5.32 Å². The van der Waals surface area contributed by atoms with E-state index < -0.39 is 5.54 Å². The Balaban J connectivity index is 2.90. The van der Waals surface area contributed by atoms with Crippen molar-refractivity contribution in [1.82, 2.24) is 5.32 Å². The summed E-state index contributed by atoms with van der Waals surface area (Å²) in [7, 11) is 0. The minimum Gasteiger partial charge on any atom is -0.508 e. The van der Waals surface area contributed by atoms with Crippen molar-refractivity contribution in [2.75, 3.05) is 11.8 Å². The molecule has 0 aliphatic heterocycles. The van der Waals surface area contributed by atoms with E-state index in [2.05, 4.69) is 5.32 Å². The number of aryl methyl sites for hydroxylation is 1. The van der Waals surface area contributed by atoms with Crippen LogP contribution in [0.4, 0.5) is 0 Å². The average molecular weight is 290 g/mol. The van der Waals surface area contributed by atoms with Gasteiger partial charge < -0.3 is 10.4 Å². The van der Waals surface area contributed by atoms with E-state index in [1.165, 1.54) is 6.07 Å². The van der Waals surface area contributed by atoms with Gasteiger partial charge in [0.15, 0.2) is 0 Å². The minimum absolute atomic E-state index is 0.0986. The maximum Gasteiger partial charge on any atom is 0.251 e. The molecule has 0 aliphatic rings. The van der Waals surface area contributed by atoms with Gasteiger partial charge in [0, 0.05) is 17.3 Å². The number of rotatable bonds is 5. The van der Waals surface area contributed by atoms with Crippen LogP contribution in [0.25, 0.3) is 0 Å². The number of halogens is 2. The SMILES string of the molecule is CCC(CCl)(CCl)NC(=O)c1ccc(C)c(O)c1. The first kappa shape index (κ1) is 15.1. The Morgan fingerprint density at radius 1 is 1.39 bits per heavy atom. The fourth-order valence-electron chi connectivity index (χ4n) is 1.44. The molecule has 0 atom stereocenters. The van der Waals surface area contributed by atoms with Gasteiger partial charge >= 0.3 is 0 Å². The Morgan fingerprint density at radius 2 is 2.00 bits per heavy atom. The number of carbonyl (C=O) groups is 1. The van der Waals surface area contributed by atoms with Gasteiger partial charge in [-0.1, -0.05) is 13.0 Å². The molecule has 18 heavy (non-hydrogen) atoms. The molecule has 0 heterocycles. The first-order valence-corrected chi connectivity index (χ1v) is 6.79. The number of amides is 1. The topological polar surface area (TPSA) is 49.3 Å². The second-order valence-electron chi connectivity index (χ2n) is 4.36. The average Bonchev–Trinajstić information content (AvgIpc) is 2.39. The third kappa shape index (κ3) is 3.30. The van der Waals surface area contributed by atoms with E-state index in [-0.39, 0.29) is 23.4 Å². The summed E-state index contributed by atoms with van der Waals surface area (Å²) in [5.41, 5.74) is 0.509. The first-order chi connectivity index (χ1) is 8.48. The molecule has 0 aromatic heterocycles. The lowest BCUT2D eigenvalue weighted by Crippen LogP contribution is -2.51. The largest absolute Gasteiger partial charge is 0.508 e. The molecule has 5 heteroatoms. The number of hydrogen-bond donors (Lipinski definition) is 2. The fourth-order valence-corrected chi connectivity index (χ4v) is 2.24. The lowest BCUT2D eigenvalue weighted by Gasteiger charge is -2.29. The number of aromatic hydroxyl groups is 1. The highest BCUT2D eigenvalue weighted by Crippen LogP contribution is 2.20. The van der Waals surface area contributed by atoms with Crippen LogP contribution in [0, 0.1) is 6.92 Å². The maximum atomic E-state index is 12.1. The molecule has 0 saturated heterocycles. The van der Waals surface area contributed by atoms with Crippen molar-refractivity contribution in [1.29, 1.82) is 0 Å². The Bertz CT molecular complexity index is 423. The summed E-state index contributed by atoms with van der Waals surface area (Å²) in [4.78, 5) is 12.1. The van der Waals surface area contributed by atoms with Gasteiger partial charge in [-0.2, -0.15) is 0 Å². The van der Waals surface area contributed by atoms with E-state index in [1.807, 2.05) is 6.92 Å². The zero-order valence-corrected chi connectivity index (χ0v) is 12.0. The quantitative estimate of drug-likeness (QED) is 0.819. The van der Waals surface area contributed by atoms with E-state index in [4.69, 9.17) is 23.2 Å². The van der Waals surface area contributed by atoms with Gasteiger partial charge in [0.2, 0.25) is 0 Å². The van der Waals surface area contributed by atoms with E-state index in [9.17, 15) is 9.90 Å². The van der Waals surface area contributed by atoms with Gasteiger partial charge in [-0.05, 0) is 31.0 Å². The third-order valence-corrected chi connectivity index (χ3v) is 4.06. The lowest BCUT2D eigenvalue weighted by atomic mass is 10.0. The van der Waals surface area contributed by atoms with Gasteiger partial charge in [-0.3, -0.25) is 4.79 Å². The number of nitrogens with one attached hydrogen (secondary N) is 1. The molecule has 100 valence electrons. The summed E-state index contributed by atoms with van der Waals surface area (Å²) in [6.07, 6.45) is 0.642. The second-order valence-corrected chi connectivity index (χ2v) is 4.89. The zero-order chi connectivity index (χ0) is 13.8. The van der Waals surface area contributed by atoms with Gasteiger partial charge in [-0.15, -0.1) is 23.2 Å². The van der Waals surface area contributed by atoms with E-state index in [0.29, 0.717) is 12.0 Å². The Hall–Kier alpha value is -0.930. The molecule has 0 bridgehead atoms. The number of alkyl halides is 2. The monoisotopic (exact) mass is 289 g/mol. The van der Waals surface area contributed by atoms with Crippen LogP contribution in [0.1, 0.15) is 29.3 Å². The van der Waals surface area contributed by atoms with Crippen molar-refractivity contribution in [2.45, 2.75) is 25.8 Å². The molecule has 0 aliphatic carbocycles. The van der Waals surface area contributed by atoms with Crippen LogP contribution in [0.2, 0.25) is 0 Å². The molecule has 1 aromatic carbocycles. The number of hydrogen-bond acceptors (Lipinski definition) is 2. The molecule has 1 amide bonds. The van der Waals surface area contributed by atoms with Crippen LogP contribution in [0.5, 0.6) is 5.75 Å². The standard InChI is InChI=1S/C13H17Cl2NO2/c1-3-13(7-14,8-15)16-12(18)10-5-4-9(2)11(17)6-10/h4-6,17H,3,7-8H2,1-2H3,(H,16,18). The molecule has 3 nitrogen and oxygen atoms in total. The molecular formula is C13H17Cl2NO2. The first-order valence-electron chi connectivity index (χ1n) is 5.72. The number of phenolic OH excluding ortho intramolecular Hbond substituents is 1. The van der Waals surface area contributed by atoms with Crippen LogP contribution in [-0.2, 0) is 0 Å². The lowest BCUT2D eigenvalue weighted by molar-refractivity contribution is 0.0913. The molecular weight excluding hydrogens is 273 g/mol. The van der Waals surface area contributed by atoms with E-state index in [0.717, 1.165) is 5.56 Å². The molecule has 0 radical (unpaired) electrons. The smallest absolute Gasteiger partial charge is 0.251 e. The van der Waals surface area contributed by atoms with Gasteiger partial charge in [0.1, 0.15) is 5.75 Å². The highest BCUT2D eigenvalue weighted by molar-refractivity contribution is 6.22. The van der Waals surface area contributed by atoms with Gasteiger partial charge in [0.25, 0.3) is 5.91 Å². The molecule has 0 spiro atoms.